The normalized spacial score (nSPS) is 12.4. The lowest BCUT2D eigenvalue weighted by Gasteiger charge is -2.28. The Morgan fingerprint density at radius 3 is 1.45 bits per heavy atom. The molecule has 0 saturated carbocycles. The van der Waals surface area contributed by atoms with Gasteiger partial charge in [0.15, 0.2) is 11.5 Å². The van der Waals surface area contributed by atoms with Crippen molar-refractivity contribution in [2.45, 2.75) is 47.0 Å². The molecule has 1 saturated heterocycles. The lowest BCUT2D eigenvalue weighted by atomic mass is 10.0. The van der Waals surface area contributed by atoms with Gasteiger partial charge in [0.25, 0.3) is 11.7 Å². The number of oxime groups is 1. The van der Waals surface area contributed by atoms with E-state index in [-0.39, 0.29) is 11.5 Å². The summed E-state index contributed by atoms with van der Waals surface area (Å²) >= 11 is 0. The molecule has 1 aliphatic rings. The van der Waals surface area contributed by atoms with Crippen molar-refractivity contribution in [3.05, 3.63) is 223 Å². The van der Waals surface area contributed by atoms with Crippen molar-refractivity contribution in [2.75, 3.05) is 23.3 Å². The standard InChI is InChI=1S/C27H25N3O2.C18H16N2O2.C18H15NO2/c31-26(27(32)28-21-12-14-22(15-13-21)29-16-6-2-7-17-29)25-24(20-9-3-1-4-10-20)19-23-11-5-8-18-30(23)25;1-12-7-6-10-15-11-16(14-8-4-3-5-9-14)18(20(12)15)17(19-22)13(2)21;1-12-7-6-10-15-11-16(14-8-4-3-5-9-14)17(19(12)15)18(21)13(2)20/h1,3-5,8-15,18-19H,2,6-7,16-17H2,(H,28,32);3-11,22H,1-2H3;3-11H,1-2H3. The van der Waals surface area contributed by atoms with Crippen molar-refractivity contribution in [1.82, 2.24) is 13.2 Å². The first-order valence-corrected chi connectivity index (χ1v) is 24.9. The Morgan fingerprint density at radius 2 is 0.947 bits per heavy atom. The Kier molecular flexibility index (Phi) is 15.2. The number of nitrogens with zero attached hydrogens (tertiary/aromatic N) is 5. The van der Waals surface area contributed by atoms with E-state index in [1.807, 2.05) is 217 Å². The Balaban J connectivity index is 0.000000142. The third-order valence-electron chi connectivity index (χ3n) is 13.4. The topological polar surface area (TPSA) is 146 Å². The summed E-state index contributed by atoms with van der Waals surface area (Å²) in [6.45, 7) is 8.73. The molecule has 1 fully saturated rings. The van der Waals surface area contributed by atoms with Gasteiger partial charge in [-0.05, 0) is 129 Å². The number of aromatic nitrogens is 3. The Morgan fingerprint density at radius 1 is 0.480 bits per heavy atom. The summed E-state index contributed by atoms with van der Waals surface area (Å²) in [5, 5.41) is 15.4. The second-order valence-corrected chi connectivity index (χ2v) is 18.4. The van der Waals surface area contributed by atoms with Gasteiger partial charge in [0, 0.05) is 89.1 Å². The van der Waals surface area contributed by atoms with Crippen molar-refractivity contribution in [1.29, 1.82) is 0 Å². The maximum Gasteiger partial charge on any atom is 0.298 e. The van der Waals surface area contributed by atoms with Gasteiger partial charge in [0.2, 0.25) is 11.6 Å². The summed E-state index contributed by atoms with van der Waals surface area (Å²) in [6.07, 6.45) is 5.52. The average molecular weight is 993 g/mol. The van der Waals surface area contributed by atoms with Crippen molar-refractivity contribution in [3.8, 4) is 33.4 Å². The van der Waals surface area contributed by atoms with Gasteiger partial charge in [-0.1, -0.05) is 114 Å². The average Bonchev–Trinajstić information content (AvgIpc) is 4.16. The molecule has 0 atom stereocenters. The molecule has 10 aromatic rings. The Hall–Kier alpha value is -9.42. The van der Waals surface area contributed by atoms with Gasteiger partial charge in [-0.2, -0.15) is 0 Å². The number of aryl methyl sites for hydroxylation is 2. The quantitative estimate of drug-likeness (QED) is 0.0431. The van der Waals surface area contributed by atoms with E-state index >= 15 is 0 Å². The van der Waals surface area contributed by atoms with Gasteiger partial charge in [0.1, 0.15) is 11.4 Å². The number of fused-ring (bicyclic) bond motifs is 3. The van der Waals surface area contributed by atoms with Gasteiger partial charge in [-0.15, -0.1) is 0 Å². The minimum atomic E-state index is -0.642. The number of hydrogen-bond donors (Lipinski definition) is 2. The predicted molar refractivity (Wildman–Crippen MR) is 297 cm³/mol. The van der Waals surface area contributed by atoms with Crippen molar-refractivity contribution in [3.63, 3.8) is 0 Å². The number of carbonyl (C=O) groups is 5. The van der Waals surface area contributed by atoms with E-state index in [0.717, 1.165) is 80.1 Å². The van der Waals surface area contributed by atoms with E-state index in [9.17, 15) is 29.2 Å². The number of rotatable bonds is 11. The molecule has 11 rings (SSSR count). The van der Waals surface area contributed by atoms with Crippen LogP contribution in [0.25, 0.3) is 49.9 Å². The van der Waals surface area contributed by atoms with Crippen LogP contribution in [0.5, 0.6) is 0 Å². The number of Topliss-reactive ketones (excluding diaryl/α,β-unsaturated/α-hetero) is 4. The summed E-state index contributed by atoms with van der Waals surface area (Å²) in [6, 6.07) is 60.2. The summed E-state index contributed by atoms with van der Waals surface area (Å²) in [4.78, 5) is 64.5. The van der Waals surface area contributed by atoms with Crippen molar-refractivity contribution >= 4 is 62.7 Å². The molecule has 12 heteroatoms. The highest BCUT2D eigenvalue weighted by Gasteiger charge is 2.26. The Labute approximate surface area is 434 Å². The van der Waals surface area contributed by atoms with Crippen LogP contribution >= 0.6 is 0 Å². The molecule has 0 bridgehead atoms. The molecule has 0 radical (unpaired) electrons. The third-order valence-corrected chi connectivity index (χ3v) is 13.4. The van der Waals surface area contributed by atoms with Crippen molar-refractivity contribution < 1.29 is 29.2 Å². The molecule has 0 aliphatic carbocycles. The molecule has 0 spiro atoms. The monoisotopic (exact) mass is 992 g/mol. The molecule has 2 N–H and O–H groups in total. The van der Waals surface area contributed by atoms with Crippen LogP contribution in [0, 0.1) is 13.8 Å². The van der Waals surface area contributed by atoms with E-state index in [4.69, 9.17) is 0 Å². The zero-order valence-electron chi connectivity index (χ0n) is 42.2. The molecular formula is C63H56N6O6. The second-order valence-electron chi connectivity index (χ2n) is 18.4. The molecule has 12 nitrogen and oxygen atoms in total. The van der Waals surface area contributed by atoms with E-state index in [1.54, 1.807) is 4.40 Å². The molecule has 1 aliphatic heterocycles. The van der Waals surface area contributed by atoms with Gasteiger partial charge in [-0.25, -0.2) is 0 Å². The first-order valence-electron chi connectivity index (χ1n) is 24.9. The SMILES string of the molecule is CC(=O)C(=NO)c1c(-c2ccccc2)cc2cccc(C)n12.CC(=O)C(=O)c1c(-c2ccccc2)cc2cccc(C)n12.O=C(Nc1ccc(N2CCCCC2)cc1)C(=O)c1c(-c2ccccc2)cc2ccccn12. The lowest BCUT2D eigenvalue weighted by Crippen LogP contribution is -2.29. The highest BCUT2D eigenvalue weighted by Crippen LogP contribution is 2.32. The van der Waals surface area contributed by atoms with Crippen molar-refractivity contribution in [2.24, 2.45) is 5.16 Å². The van der Waals surface area contributed by atoms with Crippen LogP contribution in [0.1, 0.15) is 71.2 Å². The second kappa shape index (κ2) is 22.6. The van der Waals surface area contributed by atoms with Crippen LogP contribution in [0.4, 0.5) is 11.4 Å². The van der Waals surface area contributed by atoms with Gasteiger partial charge >= 0.3 is 0 Å². The number of pyridine rings is 3. The number of piperidine rings is 1. The van der Waals surface area contributed by atoms with Crippen LogP contribution in [-0.4, -0.2) is 66.3 Å². The fourth-order valence-corrected chi connectivity index (χ4v) is 9.77. The van der Waals surface area contributed by atoms with Gasteiger partial charge in [0.05, 0.1) is 5.69 Å². The number of benzene rings is 4. The highest BCUT2D eigenvalue weighted by molar-refractivity contribution is 6.47. The molecule has 4 aromatic carbocycles. The maximum absolute atomic E-state index is 13.3. The number of carbonyl (C=O) groups excluding carboxylic acids is 5. The number of nitrogens with one attached hydrogen (secondary N) is 1. The molecule has 75 heavy (non-hydrogen) atoms. The number of amides is 1. The summed E-state index contributed by atoms with van der Waals surface area (Å²) in [5.41, 5.74) is 13.1. The zero-order chi connectivity index (χ0) is 52.6. The smallest absolute Gasteiger partial charge is 0.298 e. The molecule has 6 aromatic heterocycles. The van der Waals surface area contributed by atoms with Crippen LogP contribution in [0.3, 0.4) is 0 Å². The predicted octanol–water partition coefficient (Wildman–Crippen LogP) is 12.8. The van der Waals surface area contributed by atoms with Gasteiger partial charge in [-0.3, -0.25) is 24.0 Å². The third kappa shape index (κ3) is 10.7. The fraction of sp³-hybridized carbons (Fsp3) is 0.143. The first kappa shape index (κ1) is 50.5. The lowest BCUT2D eigenvalue weighted by molar-refractivity contribution is -0.113. The minimum absolute atomic E-state index is 0.0631. The molecule has 7 heterocycles. The zero-order valence-corrected chi connectivity index (χ0v) is 42.2. The van der Waals surface area contributed by atoms with Crippen LogP contribution < -0.4 is 10.2 Å². The van der Waals surface area contributed by atoms with E-state index in [1.165, 1.54) is 33.1 Å². The minimum Gasteiger partial charge on any atom is -0.410 e. The molecule has 0 unspecified atom stereocenters. The van der Waals surface area contributed by atoms with Crippen LogP contribution in [0.15, 0.2) is 199 Å². The molecule has 374 valence electrons. The van der Waals surface area contributed by atoms with Crippen LogP contribution in [-0.2, 0) is 14.4 Å². The van der Waals surface area contributed by atoms with Crippen LogP contribution in [0.2, 0.25) is 0 Å². The largest absolute Gasteiger partial charge is 0.410 e. The molecule has 1 amide bonds. The number of anilines is 2. The summed E-state index contributed by atoms with van der Waals surface area (Å²) < 4.78 is 5.58. The number of ketones is 4. The summed E-state index contributed by atoms with van der Waals surface area (Å²) in [7, 11) is 0. The molecular weight excluding hydrogens is 937 g/mol. The van der Waals surface area contributed by atoms with E-state index in [2.05, 4.69) is 15.4 Å². The van der Waals surface area contributed by atoms with E-state index < -0.39 is 23.3 Å². The Bertz CT molecular complexity index is 3750. The fourth-order valence-electron chi connectivity index (χ4n) is 9.77. The van der Waals surface area contributed by atoms with E-state index in [0.29, 0.717) is 22.8 Å². The summed E-state index contributed by atoms with van der Waals surface area (Å²) in [5.74, 6) is -2.38. The maximum atomic E-state index is 13.3. The highest BCUT2D eigenvalue weighted by atomic mass is 16.4. The number of hydrogen-bond acceptors (Lipinski definition) is 8. The van der Waals surface area contributed by atoms with Gasteiger partial charge < -0.3 is 28.6 Å². The first-order chi connectivity index (χ1) is 36.4.